The Hall–Kier alpha value is -1.14. The number of carbonyl (C=O) groups is 1. The van der Waals surface area contributed by atoms with Gasteiger partial charge in [0.1, 0.15) is 0 Å². The summed E-state index contributed by atoms with van der Waals surface area (Å²) >= 11 is 1.56. The third-order valence-electron chi connectivity index (χ3n) is 3.75. The number of thiazole rings is 1. The first-order chi connectivity index (χ1) is 8.85. The highest BCUT2D eigenvalue weighted by Crippen LogP contribution is 2.30. The van der Waals surface area contributed by atoms with E-state index in [1.165, 1.54) is 7.11 Å². The van der Waals surface area contributed by atoms with Gasteiger partial charge in [-0.25, -0.2) is 9.78 Å². The number of esters is 1. The molecule has 1 fully saturated rings. The fourth-order valence-electron chi connectivity index (χ4n) is 2.21. The van der Waals surface area contributed by atoms with Gasteiger partial charge in [0.25, 0.3) is 0 Å². The molecule has 0 radical (unpaired) electrons. The molecule has 0 atom stereocenters. The van der Waals surface area contributed by atoms with E-state index >= 15 is 0 Å². The van der Waals surface area contributed by atoms with Crippen LogP contribution in [0.5, 0.6) is 0 Å². The molecule has 0 unspecified atom stereocenters. The van der Waals surface area contributed by atoms with Crippen LogP contribution in [0.1, 0.15) is 29.2 Å². The van der Waals surface area contributed by atoms with Crippen molar-refractivity contribution in [2.75, 3.05) is 38.7 Å². The molecule has 1 aromatic heterocycles. The van der Waals surface area contributed by atoms with E-state index in [0.717, 1.165) is 29.6 Å². The van der Waals surface area contributed by atoms with E-state index in [9.17, 15) is 4.79 Å². The number of piperazine rings is 1. The van der Waals surface area contributed by atoms with E-state index in [-0.39, 0.29) is 11.5 Å². The normalized spacial score (nSPS) is 19.5. The van der Waals surface area contributed by atoms with Gasteiger partial charge in [0, 0.05) is 30.1 Å². The number of hydrogen-bond acceptors (Lipinski definition) is 6. The Labute approximate surface area is 118 Å². The van der Waals surface area contributed by atoms with E-state index in [2.05, 4.69) is 35.7 Å². The van der Waals surface area contributed by atoms with E-state index in [1.54, 1.807) is 11.3 Å². The van der Waals surface area contributed by atoms with Crippen molar-refractivity contribution in [3.8, 4) is 0 Å². The molecule has 0 N–H and O–H groups in total. The fourth-order valence-corrected chi connectivity index (χ4v) is 3.13. The number of nitrogens with zero attached hydrogens (tertiary/aromatic N) is 3. The summed E-state index contributed by atoms with van der Waals surface area (Å²) in [7, 11) is 3.53. The van der Waals surface area contributed by atoms with Crippen molar-refractivity contribution in [1.29, 1.82) is 0 Å². The summed E-state index contributed by atoms with van der Waals surface area (Å²) in [6.45, 7) is 9.21. The highest BCUT2D eigenvalue weighted by Gasteiger charge is 2.32. The van der Waals surface area contributed by atoms with Crippen molar-refractivity contribution in [3.05, 3.63) is 10.6 Å². The number of likely N-dealkylation sites (N-methyl/N-ethyl adjacent to an activating group) is 1. The van der Waals surface area contributed by atoms with Crippen molar-refractivity contribution in [2.45, 2.75) is 26.3 Å². The predicted octanol–water partition coefficient (Wildman–Crippen LogP) is 1.77. The van der Waals surface area contributed by atoms with Crippen molar-refractivity contribution < 1.29 is 9.53 Å². The maximum atomic E-state index is 11.6. The van der Waals surface area contributed by atoms with Crippen LogP contribution in [0.4, 0.5) is 5.13 Å². The smallest absolute Gasteiger partial charge is 0.357 e. The highest BCUT2D eigenvalue weighted by atomic mass is 32.1. The van der Waals surface area contributed by atoms with Crippen LogP contribution in [0, 0.1) is 6.92 Å². The third-order valence-corrected chi connectivity index (χ3v) is 4.78. The van der Waals surface area contributed by atoms with Gasteiger partial charge in [0.2, 0.25) is 0 Å². The molecular formula is C13H21N3O2S. The summed E-state index contributed by atoms with van der Waals surface area (Å²) in [4.78, 5) is 21.6. The molecule has 0 amide bonds. The van der Waals surface area contributed by atoms with Crippen molar-refractivity contribution in [1.82, 2.24) is 9.88 Å². The summed E-state index contributed by atoms with van der Waals surface area (Å²) in [5.41, 5.74) is 0.558. The zero-order chi connectivity index (χ0) is 14.2. The second-order valence-corrected chi connectivity index (χ2v) is 6.73. The topological polar surface area (TPSA) is 45.7 Å². The summed E-state index contributed by atoms with van der Waals surface area (Å²) in [6, 6.07) is 0. The average molecular weight is 283 g/mol. The highest BCUT2D eigenvalue weighted by molar-refractivity contribution is 7.15. The SMILES string of the molecule is COC(=O)c1nc(N2CCN(C)C(C)(C)C2)sc1C. The number of methoxy groups -OCH3 is 1. The van der Waals surface area contributed by atoms with Gasteiger partial charge < -0.3 is 9.64 Å². The summed E-state index contributed by atoms with van der Waals surface area (Å²) in [5.74, 6) is -0.353. The molecule has 106 valence electrons. The zero-order valence-electron chi connectivity index (χ0n) is 12.2. The molecule has 19 heavy (non-hydrogen) atoms. The number of aromatic nitrogens is 1. The lowest BCUT2D eigenvalue weighted by Crippen LogP contribution is -2.57. The minimum Gasteiger partial charge on any atom is -0.464 e. The van der Waals surface area contributed by atoms with Crippen LogP contribution in [0.25, 0.3) is 0 Å². The van der Waals surface area contributed by atoms with Crippen LogP contribution >= 0.6 is 11.3 Å². The molecule has 5 nitrogen and oxygen atoms in total. The molecular weight excluding hydrogens is 262 g/mol. The molecule has 0 saturated carbocycles. The molecule has 6 heteroatoms. The fraction of sp³-hybridized carbons (Fsp3) is 0.692. The molecule has 0 aliphatic carbocycles. The maximum absolute atomic E-state index is 11.6. The molecule has 1 aliphatic rings. The second kappa shape index (κ2) is 5.09. The Kier molecular flexibility index (Phi) is 3.82. The summed E-state index contributed by atoms with van der Waals surface area (Å²) in [5, 5.41) is 0.916. The second-order valence-electron chi connectivity index (χ2n) is 5.55. The van der Waals surface area contributed by atoms with E-state index in [4.69, 9.17) is 4.74 Å². The quantitative estimate of drug-likeness (QED) is 0.774. The lowest BCUT2D eigenvalue weighted by molar-refractivity contribution is 0.0594. The molecule has 2 rings (SSSR count). The van der Waals surface area contributed by atoms with Gasteiger partial charge in [-0.1, -0.05) is 0 Å². The van der Waals surface area contributed by atoms with Gasteiger partial charge in [-0.3, -0.25) is 4.90 Å². The predicted molar refractivity (Wildman–Crippen MR) is 77.1 cm³/mol. The Balaban J connectivity index is 2.21. The monoisotopic (exact) mass is 283 g/mol. The number of anilines is 1. The number of aryl methyl sites for hydroxylation is 1. The molecule has 0 spiro atoms. The van der Waals surface area contributed by atoms with E-state index in [1.807, 2.05) is 6.92 Å². The van der Waals surface area contributed by atoms with Crippen LogP contribution in [-0.4, -0.2) is 55.2 Å². The van der Waals surface area contributed by atoms with Gasteiger partial charge in [0.05, 0.1) is 7.11 Å². The molecule has 0 bridgehead atoms. The zero-order valence-corrected chi connectivity index (χ0v) is 13.0. The van der Waals surface area contributed by atoms with Gasteiger partial charge >= 0.3 is 5.97 Å². The Bertz CT molecular complexity index is 484. The first-order valence-electron chi connectivity index (χ1n) is 6.37. The summed E-state index contributed by atoms with van der Waals surface area (Å²) < 4.78 is 4.75. The van der Waals surface area contributed by atoms with Crippen molar-refractivity contribution >= 4 is 22.4 Å². The number of hydrogen-bond donors (Lipinski definition) is 0. The average Bonchev–Trinajstić information content (AvgIpc) is 2.74. The number of ether oxygens (including phenoxy) is 1. The first kappa shape index (κ1) is 14.3. The van der Waals surface area contributed by atoms with Crippen LogP contribution in [0.2, 0.25) is 0 Å². The molecule has 1 aromatic rings. The van der Waals surface area contributed by atoms with Crippen LogP contribution in [0.3, 0.4) is 0 Å². The summed E-state index contributed by atoms with van der Waals surface area (Å²) in [6.07, 6.45) is 0. The minimum atomic E-state index is -0.353. The van der Waals surface area contributed by atoms with Gasteiger partial charge in [0.15, 0.2) is 10.8 Å². The van der Waals surface area contributed by atoms with Gasteiger partial charge in [-0.15, -0.1) is 11.3 Å². The van der Waals surface area contributed by atoms with E-state index < -0.39 is 0 Å². The largest absolute Gasteiger partial charge is 0.464 e. The van der Waals surface area contributed by atoms with Gasteiger partial charge in [-0.2, -0.15) is 0 Å². The number of carbonyl (C=O) groups excluding carboxylic acids is 1. The van der Waals surface area contributed by atoms with Crippen LogP contribution in [0.15, 0.2) is 0 Å². The molecule has 1 aliphatic heterocycles. The van der Waals surface area contributed by atoms with E-state index in [0.29, 0.717) is 5.69 Å². The molecule has 0 aromatic carbocycles. The Morgan fingerprint density at radius 3 is 2.68 bits per heavy atom. The third kappa shape index (κ3) is 2.74. The minimum absolute atomic E-state index is 0.114. The van der Waals surface area contributed by atoms with Crippen LogP contribution in [-0.2, 0) is 4.74 Å². The lowest BCUT2D eigenvalue weighted by Gasteiger charge is -2.45. The van der Waals surface area contributed by atoms with Gasteiger partial charge in [-0.05, 0) is 27.8 Å². The van der Waals surface area contributed by atoms with Crippen molar-refractivity contribution in [3.63, 3.8) is 0 Å². The standard InChI is InChI=1S/C13H21N3O2S/c1-9-10(11(17)18-5)14-12(19-9)16-7-6-15(4)13(2,3)8-16/h6-8H2,1-5H3. The Morgan fingerprint density at radius 2 is 2.11 bits per heavy atom. The molecule has 2 heterocycles. The lowest BCUT2D eigenvalue weighted by atomic mass is 10.0. The van der Waals surface area contributed by atoms with Crippen molar-refractivity contribution in [2.24, 2.45) is 0 Å². The number of rotatable bonds is 2. The first-order valence-corrected chi connectivity index (χ1v) is 7.19. The Morgan fingerprint density at radius 1 is 1.42 bits per heavy atom. The molecule has 1 saturated heterocycles. The maximum Gasteiger partial charge on any atom is 0.357 e. The van der Waals surface area contributed by atoms with Crippen LogP contribution < -0.4 is 4.90 Å².